The van der Waals surface area contributed by atoms with E-state index < -0.39 is 0 Å². The Balaban J connectivity index is 2.19. The number of hydrogen-bond acceptors (Lipinski definition) is 2. The molecule has 1 aromatic carbocycles. The van der Waals surface area contributed by atoms with Crippen molar-refractivity contribution in [1.29, 1.82) is 0 Å². The third-order valence-corrected chi connectivity index (χ3v) is 3.10. The van der Waals surface area contributed by atoms with Crippen LogP contribution in [0.3, 0.4) is 0 Å². The topological polar surface area (TPSA) is 54.7 Å². The number of H-pyrrole nitrogens is 1. The molecule has 0 aliphatic carbocycles. The zero-order valence-electron chi connectivity index (χ0n) is 9.37. The smallest absolute Gasteiger partial charge is 0.110 e. The van der Waals surface area contributed by atoms with Crippen LogP contribution in [0.15, 0.2) is 24.4 Å². The second-order valence-corrected chi connectivity index (χ2v) is 4.83. The SMILES string of the molecule is CC(N)c1cnc(Cc2ccc(Cl)cc2Cl)[nH]1. The van der Waals surface area contributed by atoms with Crippen LogP contribution < -0.4 is 5.73 Å². The Bertz CT molecular complexity index is 520. The van der Waals surface area contributed by atoms with Gasteiger partial charge in [-0.1, -0.05) is 29.3 Å². The molecule has 1 unspecified atom stereocenters. The standard InChI is InChI=1S/C12H13Cl2N3/c1-7(15)11-6-16-12(17-11)4-8-2-3-9(13)5-10(8)14/h2-3,5-7H,4,15H2,1H3,(H,16,17). The van der Waals surface area contributed by atoms with Gasteiger partial charge in [0, 0.05) is 28.7 Å². The zero-order chi connectivity index (χ0) is 12.4. The molecular formula is C12H13Cl2N3. The van der Waals surface area contributed by atoms with Gasteiger partial charge >= 0.3 is 0 Å². The van der Waals surface area contributed by atoms with Crippen LogP contribution in [0.2, 0.25) is 10.0 Å². The van der Waals surface area contributed by atoms with Crippen LogP contribution in [-0.2, 0) is 6.42 Å². The van der Waals surface area contributed by atoms with E-state index in [1.807, 2.05) is 19.1 Å². The lowest BCUT2D eigenvalue weighted by Crippen LogP contribution is -2.05. The molecule has 0 radical (unpaired) electrons. The lowest BCUT2D eigenvalue weighted by atomic mass is 10.1. The average Bonchev–Trinajstić information content (AvgIpc) is 2.71. The number of rotatable bonds is 3. The first kappa shape index (κ1) is 12.4. The van der Waals surface area contributed by atoms with Gasteiger partial charge < -0.3 is 10.7 Å². The highest BCUT2D eigenvalue weighted by molar-refractivity contribution is 6.35. The lowest BCUT2D eigenvalue weighted by molar-refractivity contribution is 0.784. The minimum absolute atomic E-state index is 0.0445. The normalized spacial score (nSPS) is 12.7. The number of hydrogen-bond donors (Lipinski definition) is 2. The maximum atomic E-state index is 6.10. The van der Waals surface area contributed by atoms with Crippen molar-refractivity contribution in [3.05, 3.63) is 51.5 Å². The van der Waals surface area contributed by atoms with Gasteiger partial charge in [-0.25, -0.2) is 4.98 Å². The summed E-state index contributed by atoms with van der Waals surface area (Å²) in [7, 11) is 0. The van der Waals surface area contributed by atoms with Crippen LogP contribution in [0.1, 0.15) is 30.0 Å². The van der Waals surface area contributed by atoms with E-state index >= 15 is 0 Å². The van der Waals surface area contributed by atoms with Crippen molar-refractivity contribution in [3.8, 4) is 0 Å². The summed E-state index contributed by atoms with van der Waals surface area (Å²) in [6.45, 7) is 1.91. The number of benzene rings is 1. The minimum atomic E-state index is -0.0445. The van der Waals surface area contributed by atoms with E-state index in [0.717, 1.165) is 17.1 Å². The van der Waals surface area contributed by atoms with Gasteiger partial charge in [-0.2, -0.15) is 0 Å². The van der Waals surface area contributed by atoms with Crippen molar-refractivity contribution in [2.75, 3.05) is 0 Å². The fourth-order valence-electron chi connectivity index (χ4n) is 1.55. The number of nitrogens with zero attached hydrogens (tertiary/aromatic N) is 1. The Morgan fingerprint density at radius 1 is 1.41 bits per heavy atom. The monoisotopic (exact) mass is 269 g/mol. The average molecular weight is 270 g/mol. The fourth-order valence-corrected chi connectivity index (χ4v) is 2.02. The highest BCUT2D eigenvalue weighted by atomic mass is 35.5. The fraction of sp³-hybridized carbons (Fsp3) is 0.250. The van der Waals surface area contributed by atoms with Crippen molar-refractivity contribution in [2.24, 2.45) is 5.73 Å². The van der Waals surface area contributed by atoms with Gasteiger partial charge in [0.1, 0.15) is 5.82 Å². The third-order valence-electron chi connectivity index (χ3n) is 2.51. The van der Waals surface area contributed by atoms with E-state index in [9.17, 15) is 0 Å². The van der Waals surface area contributed by atoms with Crippen LogP contribution in [0, 0.1) is 0 Å². The summed E-state index contributed by atoms with van der Waals surface area (Å²) in [4.78, 5) is 7.44. The number of aromatic nitrogens is 2. The molecule has 1 heterocycles. The van der Waals surface area contributed by atoms with Crippen molar-refractivity contribution in [1.82, 2.24) is 9.97 Å². The van der Waals surface area contributed by atoms with Gasteiger partial charge in [-0.05, 0) is 24.6 Å². The molecule has 1 atom stereocenters. The molecule has 0 saturated heterocycles. The number of halogens is 2. The molecule has 5 heteroatoms. The largest absolute Gasteiger partial charge is 0.344 e. The molecule has 0 saturated carbocycles. The molecule has 2 rings (SSSR count). The van der Waals surface area contributed by atoms with Gasteiger partial charge in [0.15, 0.2) is 0 Å². The maximum Gasteiger partial charge on any atom is 0.110 e. The summed E-state index contributed by atoms with van der Waals surface area (Å²) < 4.78 is 0. The third kappa shape index (κ3) is 3.00. The van der Waals surface area contributed by atoms with Crippen molar-refractivity contribution in [2.45, 2.75) is 19.4 Å². The Kier molecular flexibility index (Phi) is 3.72. The molecule has 0 aliphatic heterocycles. The summed E-state index contributed by atoms with van der Waals surface area (Å²) >= 11 is 11.9. The molecule has 0 spiro atoms. The van der Waals surface area contributed by atoms with Crippen LogP contribution in [0.25, 0.3) is 0 Å². The van der Waals surface area contributed by atoms with E-state index in [0.29, 0.717) is 16.5 Å². The Morgan fingerprint density at radius 2 is 2.18 bits per heavy atom. The zero-order valence-corrected chi connectivity index (χ0v) is 10.9. The molecule has 0 fully saturated rings. The second kappa shape index (κ2) is 5.08. The number of aromatic amines is 1. The van der Waals surface area contributed by atoms with Gasteiger partial charge in [0.05, 0.1) is 5.69 Å². The summed E-state index contributed by atoms with van der Waals surface area (Å²) in [6, 6.07) is 5.40. The maximum absolute atomic E-state index is 6.10. The molecule has 0 bridgehead atoms. The quantitative estimate of drug-likeness (QED) is 0.898. The molecule has 90 valence electrons. The van der Waals surface area contributed by atoms with Crippen LogP contribution in [0.5, 0.6) is 0 Å². The summed E-state index contributed by atoms with van der Waals surface area (Å²) in [5, 5.41) is 1.28. The Morgan fingerprint density at radius 3 is 2.76 bits per heavy atom. The summed E-state index contributed by atoms with van der Waals surface area (Å²) in [6.07, 6.45) is 2.40. The van der Waals surface area contributed by atoms with Gasteiger partial charge in [0.2, 0.25) is 0 Å². The molecule has 2 aromatic rings. The first-order valence-corrected chi connectivity index (χ1v) is 6.05. The van der Waals surface area contributed by atoms with E-state index in [-0.39, 0.29) is 6.04 Å². The van der Waals surface area contributed by atoms with Crippen molar-refractivity contribution in [3.63, 3.8) is 0 Å². The molecule has 0 aliphatic rings. The molecule has 0 amide bonds. The van der Waals surface area contributed by atoms with Gasteiger partial charge in [-0.15, -0.1) is 0 Å². The van der Waals surface area contributed by atoms with Crippen LogP contribution >= 0.6 is 23.2 Å². The first-order chi connectivity index (χ1) is 8.06. The predicted molar refractivity (Wildman–Crippen MR) is 70.5 cm³/mol. The van der Waals surface area contributed by atoms with E-state index in [1.54, 1.807) is 12.3 Å². The lowest BCUT2D eigenvalue weighted by Gasteiger charge is -2.03. The number of nitrogens with one attached hydrogen (secondary N) is 1. The van der Waals surface area contributed by atoms with Gasteiger partial charge in [0.25, 0.3) is 0 Å². The van der Waals surface area contributed by atoms with Crippen LogP contribution in [0.4, 0.5) is 0 Å². The number of imidazole rings is 1. The Hall–Kier alpha value is -1.03. The highest BCUT2D eigenvalue weighted by Crippen LogP contribution is 2.22. The minimum Gasteiger partial charge on any atom is -0.344 e. The molecule has 17 heavy (non-hydrogen) atoms. The molecule has 1 aromatic heterocycles. The molecule has 3 N–H and O–H groups in total. The first-order valence-electron chi connectivity index (χ1n) is 5.29. The molecular weight excluding hydrogens is 257 g/mol. The number of nitrogens with two attached hydrogens (primary N) is 1. The van der Waals surface area contributed by atoms with Gasteiger partial charge in [-0.3, -0.25) is 0 Å². The Labute approximate surface area is 110 Å². The van der Waals surface area contributed by atoms with E-state index in [2.05, 4.69) is 9.97 Å². The van der Waals surface area contributed by atoms with Crippen LogP contribution in [-0.4, -0.2) is 9.97 Å². The summed E-state index contributed by atoms with van der Waals surface area (Å²) in [5.41, 5.74) is 7.66. The second-order valence-electron chi connectivity index (χ2n) is 3.99. The van der Waals surface area contributed by atoms with Crippen molar-refractivity contribution < 1.29 is 0 Å². The highest BCUT2D eigenvalue weighted by Gasteiger charge is 2.07. The van der Waals surface area contributed by atoms with E-state index in [1.165, 1.54) is 0 Å². The van der Waals surface area contributed by atoms with E-state index in [4.69, 9.17) is 28.9 Å². The van der Waals surface area contributed by atoms with Crippen molar-refractivity contribution >= 4 is 23.2 Å². The predicted octanol–water partition coefficient (Wildman–Crippen LogP) is 3.33. The summed E-state index contributed by atoms with van der Waals surface area (Å²) in [5.74, 6) is 0.849. The molecule has 3 nitrogen and oxygen atoms in total.